The Kier molecular flexibility index (Phi) is 2.68. The summed E-state index contributed by atoms with van der Waals surface area (Å²) < 4.78 is 5.48. The zero-order valence-electron chi connectivity index (χ0n) is 8.90. The minimum atomic E-state index is 0.800. The lowest BCUT2D eigenvalue weighted by molar-refractivity contribution is 0.485. The van der Waals surface area contributed by atoms with Gasteiger partial charge in [-0.2, -0.15) is 0 Å². The van der Waals surface area contributed by atoms with E-state index in [1.807, 2.05) is 44.2 Å². The van der Waals surface area contributed by atoms with E-state index in [9.17, 15) is 0 Å². The van der Waals surface area contributed by atoms with Gasteiger partial charge in [-0.05, 0) is 26.0 Å². The monoisotopic (exact) mass is 199 g/mol. The van der Waals surface area contributed by atoms with E-state index in [2.05, 4.69) is 11.1 Å². The lowest BCUT2D eigenvalue weighted by atomic mass is 10.2. The van der Waals surface area contributed by atoms with Crippen LogP contribution in [0, 0.1) is 6.92 Å². The Balaban J connectivity index is 2.57. The topological polar surface area (TPSA) is 22.1 Å². The van der Waals surface area contributed by atoms with Crippen molar-refractivity contribution in [3.05, 3.63) is 48.4 Å². The fourth-order valence-electron chi connectivity index (χ4n) is 1.45. The quantitative estimate of drug-likeness (QED) is 0.691. The summed E-state index contributed by atoms with van der Waals surface area (Å²) in [6.45, 7) is 3.90. The predicted octanol–water partition coefficient (Wildman–Crippen LogP) is 3.46. The molecular weight excluding hydrogens is 186 g/mol. The average Bonchev–Trinajstić information content (AvgIpc) is 2.26. The maximum absolute atomic E-state index is 5.48. The molecule has 1 aromatic carbocycles. The summed E-state index contributed by atoms with van der Waals surface area (Å²) in [5.41, 5.74) is 1.91. The standard InChI is InChI=1S/C13H13NO/c1-3-9-15-12-6-4-5-11-8-7-10(2)14-13(11)12/h3-9H,1-2H3/b9-3+. The van der Waals surface area contributed by atoms with Gasteiger partial charge in [0.1, 0.15) is 5.52 Å². The van der Waals surface area contributed by atoms with E-state index in [4.69, 9.17) is 4.74 Å². The normalized spacial score (nSPS) is 11.1. The Morgan fingerprint density at radius 2 is 2.07 bits per heavy atom. The molecule has 0 amide bonds. The maximum Gasteiger partial charge on any atom is 0.152 e. The highest BCUT2D eigenvalue weighted by molar-refractivity contribution is 5.84. The highest BCUT2D eigenvalue weighted by Gasteiger charge is 2.01. The number of hydrogen-bond acceptors (Lipinski definition) is 2. The number of nitrogens with zero attached hydrogens (tertiary/aromatic N) is 1. The Morgan fingerprint density at radius 3 is 2.87 bits per heavy atom. The molecule has 2 aromatic rings. The Morgan fingerprint density at radius 1 is 1.20 bits per heavy atom. The van der Waals surface area contributed by atoms with Crippen LogP contribution in [0.25, 0.3) is 10.9 Å². The van der Waals surface area contributed by atoms with Gasteiger partial charge in [-0.15, -0.1) is 0 Å². The fourth-order valence-corrected chi connectivity index (χ4v) is 1.45. The summed E-state index contributed by atoms with van der Waals surface area (Å²) >= 11 is 0. The first-order valence-electron chi connectivity index (χ1n) is 4.95. The van der Waals surface area contributed by atoms with Crippen molar-refractivity contribution in [2.75, 3.05) is 0 Å². The van der Waals surface area contributed by atoms with Crippen LogP contribution in [0.1, 0.15) is 12.6 Å². The maximum atomic E-state index is 5.48. The van der Waals surface area contributed by atoms with Crippen LogP contribution < -0.4 is 4.74 Å². The molecule has 0 radical (unpaired) electrons. The molecule has 76 valence electrons. The Bertz CT molecular complexity index is 503. The van der Waals surface area contributed by atoms with Crippen LogP contribution in [0.4, 0.5) is 0 Å². The Hall–Kier alpha value is -1.83. The molecule has 2 nitrogen and oxygen atoms in total. The number of aryl methyl sites for hydroxylation is 1. The van der Waals surface area contributed by atoms with E-state index in [-0.39, 0.29) is 0 Å². The van der Waals surface area contributed by atoms with Crippen molar-refractivity contribution >= 4 is 10.9 Å². The first-order chi connectivity index (χ1) is 7.31. The molecular formula is C13H13NO. The zero-order valence-corrected chi connectivity index (χ0v) is 8.90. The molecule has 0 N–H and O–H groups in total. The van der Waals surface area contributed by atoms with Gasteiger partial charge in [0.25, 0.3) is 0 Å². The number of benzene rings is 1. The van der Waals surface area contributed by atoms with E-state index < -0.39 is 0 Å². The molecule has 15 heavy (non-hydrogen) atoms. The number of rotatable bonds is 2. The van der Waals surface area contributed by atoms with E-state index >= 15 is 0 Å². The second kappa shape index (κ2) is 4.13. The van der Waals surface area contributed by atoms with Crippen molar-refractivity contribution in [3.63, 3.8) is 0 Å². The molecule has 0 saturated carbocycles. The second-order valence-electron chi connectivity index (χ2n) is 3.37. The SMILES string of the molecule is C/C=C/Oc1cccc2ccc(C)nc12. The summed E-state index contributed by atoms with van der Waals surface area (Å²) in [5, 5.41) is 1.10. The lowest BCUT2D eigenvalue weighted by Crippen LogP contribution is -1.88. The van der Waals surface area contributed by atoms with Crippen LogP contribution in [-0.2, 0) is 0 Å². The summed E-state index contributed by atoms with van der Waals surface area (Å²) in [6, 6.07) is 9.99. The largest absolute Gasteiger partial charge is 0.463 e. The van der Waals surface area contributed by atoms with Crippen molar-refractivity contribution in [1.29, 1.82) is 0 Å². The molecule has 2 rings (SSSR count). The van der Waals surface area contributed by atoms with E-state index in [1.165, 1.54) is 0 Å². The number of allylic oxidation sites excluding steroid dienone is 1. The van der Waals surface area contributed by atoms with Crippen molar-refractivity contribution in [2.45, 2.75) is 13.8 Å². The van der Waals surface area contributed by atoms with Crippen LogP contribution in [0.3, 0.4) is 0 Å². The number of hydrogen-bond donors (Lipinski definition) is 0. The number of fused-ring (bicyclic) bond motifs is 1. The second-order valence-corrected chi connectivity index (χ2v) is 3.37. The molecule has 2 heteroatoms. The van der Waals surface area contributed by atoms with Crippen molar-refractivity contribution in [1.82, 2.24) is 4.98 Å². The first kappa shape index (κ1) is 9.71. The van der Waals surface area contributed by atoms with Crippen molar-refractivity contribution in [2.24, 2.45) is 0 Å². The number of ether oxygens (including phenoxy) is 1. The molecule has 0 fully saturated rings. The molecule has 0 spiro atoms. The van der Waals surface area contributed by atoms with Crippen LogP contribution in [0.15, 0.2) is 42.7 Å². The molecule has 0 bridgehead atoms. The molecule has 1 heterocycles. The van der Waals surface area contributed by atoms with E-state index in [0.717, 1.165) is 22.3 Å². The first-order valence-corrected chi connectivity index (χ1v) is 4.95. The average molecular weight is 199 g/mol. The van der Waals surface area contributed by atoms with E-state index in [1.54, 1.807) is 6.26 Å². The third kappa shape index (κ3) is 1.99. The molecule has 0 aliphatic rings. The van der Waals surface area contributed by atoms with Crippen molar-refractivity contribution in [3.8, 4) is 5.75 Å². The van der Waals surface area contributed by atoms with Crippen LogP contribution in [0.2, 0.25) is 0 Å². The zero-order chi connectivity index (χ0) is 10.7. The van der Waals surface area contributed by atoms with Gasteiger partial charge in [0.2, 0.25) is 0 Å². The minimum absolute atomic E-state index is 0.800. The Labute approximate surface area is 89.2 Å². The van der Waals surface area contributed by atoms with Gasteiger partial charge in [-0.25, -0.2) is 4.98 Å². The third-order valence-corrected chi connectivity index (χ3v) is 2.15. The number of aromatic nitrogens is 1. The van der Waals surface area contributed by atoms with Crippen LogP contribution in [-0.4, -0.2) is 4.98 Å². The van der Waals surface area contributed by atoms with Crippen molar-refractivity contribution < 1.29 is 4.74 Å². The summed E-state index contributed by atoms with van der Waals surface area (Å²) in [4.78, 5) is 4.47. The van der Waals surface area contributed by atoms with Gasteiger partial charge < -0.3 is 4.74 Å². The summed E-state index contributed by atoms with van der Waals surface area (Å²) in [6.07, 6.45) is 3.52. The van der Waals surface area contributed by atoms with Gasteiger partial charge in [0.05, 0.1) is 6.26 Å². The lowest BCUT2D eigenvalue weighted by Gasteiger charge is -2.04. The molecule has 1 aromatic heterocycles. The highest BCUT2D eigenvalue weighted by Crippen LogP contribution is 2.23. The number of para-hydroxylation sites is 1. The molecule has 0 aliphatic heterocycles. The summed E-state index contributed by atoms with van der Waals surface area (Å²) in [7, 11) is 0. The van der Waals surface area contributed by atoms with Gasteiger partial charge in [-0.1, -0.05) is 24.3 Å². The molecule has 0 atom stereocenters. The number of pyridine rings is 1. The minimum Gasteiger partial charge on any atom is -0.463 e. The van der Waals surface area contributed by atoms with Gasteiger partial charge in [0.15, 0.2) is 5.75 Å². The van der Waals surface area contributed by atoms with Gasteiger partial charge >= 0.3 is 0 Å². The smallest absolute Gasteiger partial charge is 0.152 e. The highest BCUT2D eigenvalue weighted by atomic mass is 16.5. The van der Waals surface area contributed by atoms with Crippen LogP contribution in [0.5, 0.6) is 5.75 Å². The van der Waals surface area contributed by atoms with Crippen LogP contribution >= 0.6 is 0 Å². The molecule has 0 saturated heterocycles. The molecule has 0 aliphatic carbocycles. The van der Waals surface area contributed by atoms with Gasteiger partial charge in [0, 0.05) is 11.1 Å². The fraction of sp³-hybridized carbons (Fsp3) is 0.154. The summed E-state index contributed by atoms with van der Waals surface area (Å²) in [5.74, 6) is 0.800. The van der Waals surface area contributed by atoms with Gasteiger partial charge in [-0.3, -0.25) is 0 Å². The third-order valence-electron chi connectivity index (χ3n) is 2.15. The van der Waals surface area contributed by atoms with E-state index in [0.29, 0.717) is 0 Å². The predicted molar refractivity (Wildman–Crippen MR) is 61.9 cm³/mol. The molecule has 0 unspecified atom stereocenters.